The molecule has 0 saturated heterocycles. The standard InChI is InChI=1S/C13H10F2N4O/c14-8-1-2-9(15)7(5-8)6-17-11-4-3-10(16)12-13(11)19-20-18-12/h1-5,17H,6,16H2. The average Bonchev–Trinajstić information content (AvgIpc) is 2.92. The zero-order valence-corrected chi connectivity index (χ0v) is 10.2. The number of hydrogen-bond donors (Lipinski definition) is 2. The summed E-state index contributed by atoms with van der Waals surface area (Å²) in [7, 11) is 0. The molecule has 3 N–H and O–H groups in total. The van der Waals surface area contributed by atoms with Crippen molar-refractivity contribution in [2.24, 2.45) is 0 Å². The number of halogens is 2. The average molecular weight is 276 g/mol. The Morgan fingerprint density at radius 1 is 1.10 bits per heavy atom. The van der Waals surface area contributed by atoms with Crippen LogP contribution in [0.3, 0.4) is 0 Å². The summed E-state index contributed by atoms with van der Waals surface area (Å²) in [4.78, 5) is 0. The van der Waals surface area contributed by atoms with Crippen molar-refractivity contribution in [1.82, 2.24) is 10.3 Å². The van der Waals surface area contributed by atoms with Crippen LogP contribution < -0.4 is 11.1 Å². The highest BCUT2D eigenvalue weighted by atomic mass is 19.1. The number of anilines is 2. The Bertz CT molecular complexity index is 772. The van der Waals surface area contributed by atoms with E-state index in [9.17, 15) is 8.78 Å². The smallest absolute Gasteiger partial charge is 0.160 e. The van der Waals surface area contributed by atoms with Crippen LogP contribution in [0.1, 0.15) is 5.56 Å². The van der Waals surface area contributed by atoms with Crippen LogP contribution in [0.15, 0.2) is 35.0 Å². The van der Waals surface area contributed by atoms with E-state index in [0.29, 0.717) is 22.4 Å². The Kier molecular flexibility index (Phi) is 2.94. The number of nitrogens with one attached hydrogen (secondary N) is 1. The first-order chi connectivity index (χ1) is 9.65. The van der Waals surface area contributed by atoms with Crippen LogP contribution in [0.25, 0.3) is 11.0 Å². The maximum Gasteiger partial charge on any atom is 0.160 e. The van der Waals surface area contributed by atoms with Crippen LogP contribution in [0, 0.1) is 11.6 Å². The van der Waals surface area contributed by atoms with Gasteiger partial charge in [-0.25, -0.2) is 13.4 Å². The van der Waals surface area contributed by atoms with Crippen LogP contribution in [-0.4, -0.2) is 10.3 Å². The second-order valence-corrected chi connectivity index (χ2v) is 4.25. The second kappa shape index (κ2) is 4.76. The Morgan fingerprint density at radius 2 is 1.90 bits per heavy atom. The molecular formula is C13H10F2N4O. The highest BCUT2D eigenvalue weighted by molar-refractivity contribution is 5.94. The van der Waals surface area contributed by atoms with Crippen LogP contribution in [0.5, 0.6) is 0 Å². The molecule has 0 spiro atoms. The van der Waals surface area contributed by atoms with Gasteiger partial charge < -0.3 is 11.1 Å². The molecular weight excluding hydrogens is 266 g/mol. The van der Waals surface area contributed by atoms with Gasteiger partial charge in [0.1, 0.15) is 11.6 Å². The van der Waals surface area contributed by atoms with Crippen LogP contribution >= 0.6 is 0 Å². The molecule has 0 fully saturated rings. The largest absolute Gasteiger partial charge is 0.397 e. The maximum atomic E-state index is 13.5. The minimum Gasteiger partial charge on any atom is -0.397 e. The van der Waals surface area contributed by atoms with E-state index in [4.69, 9.17) is 5.73 Å². The first-order valence-corrected chi connectivity index (χ1v) is 5.83. The first-order valence-electron chi connectivity index (χ1n) is 5.83. The van der Waals surface area contributed by atoms with Crippen molar-refractivity contribution in [3.8, 4) is 0 Å². The molecule has 1 heterocycles. The van der Waals surface area contributed by atoms with Crippen molar-refractivity contribution >= 4 is 22.4 Å². The summed E-state index contributed by atoms with van der Waals surface area (Å²) >= 11 is 0. The van der Waals surface area contributed by atoms with E-state index in [0.717, 1.165) is 18.2 Å². The van der Waals surface area contributed by atoms with Gasteiger partial charge in [-0.3, -0.25) is 0 Å². The third-order valence-corrected chi connectivity index (χ3v) is 2.92. The lowest BCUT2D eigenvalue weighted by Crippen LogP contribution is -2.03. The molecule has 0 amide bonds. The van der Waals surface area contributed by atoms with E-state index in [1.807, 2.05) is 0 Å². The molecule has 1 aromatic heterocycles. The van der Waals surface area contributed by atoms with Gasteiger partial charge >= 0.3 is 0 Å². The molecule has 2 aromatic carbocycles. The summed E-state index contributed by atoms with van der Waals surface area (Å²) in [5.74, 6) is -0.974. The Hall–Kier alpha value is -2.70. The van der Waals surface area contributed by atoms with Crippen molar-refractivity contribution in [3.63, 3.8) is 0 Å². The van der Waals surface area contributed by atoms with Gasteiger partial charge in [0.25, 0.3) is 0 Å². The molecule has 5 nitrogen and oxygen atoms in total. The quantitative estimate of drug-likeness (QED) is 0.719. The molecule has 0 aliphatic heterocycles. The SMILES string of the molecule is Nc1ccc(NCc2cc(F)ccc2F)c2nonc12. The van der Waals surface area contributed by atoms with Crippen molar-refractivity contribution in [3.05, 3.63) is 47.5 Å². The Labute approximate surface area is 112 Å². The van der Waals surface area contributed by atoms with Gasteiger partial charge in [-0.15, -0.1) is 0 Å². The lowest BCUT2D eigenvalue weighted by molar-refractivity contribution is 0.316. The first kappa shape index (κ1) is 12.3. The van der Waals surface area contributed by atoms with E-state index in [-0.39, 0.29) is 12.1 Å². The number of nitrogens with two attached hydrogens (primary N) is 1. The van der Waals surface area contributed by atoms with Gasteiger partial charge in [0.15, 0.2) is 11.0 Å². The second-order valence-electron chi connectivity index (χ2n) is 4.25. The molecule has 0 unspecified atom stereocenters. The topological polar surface area (TPSA) is 77.0 Å². The predicted molar refractivity (Wildman–Crippen MR) is 69.9 cm³/mol. The molecule has 0 bridgehead atoms. The number of aromatic nitrogens is 2. The van der Waals surface area contributed by atoms with Gasteiger partial charge in [-0.05, 0) is 40.6 Å². The van der Waals surface area contributed by atoms with E-state index in [2.05, 4.69) is 20.3 Å². The molecule has 0 atom stereocenters. The van der Waals surface area contributed by atoms with Crippen molar-refractivity contribution in [2.75, 3.05) is 11.1 Å². The number of benzene rings is 2. The third-order valence-electron chi connectivity index (χ3n) is 2.92. The van der Waals surface area contributed by atoms with Crippen LogP contribution in [0.4, 0.5) is 20.2 Å². The van der Waals surface area contributed by atoms with Crippen molar-refractivity contribution < 1.29 is 13.4 Å². The third kappa shape index (κ3) is 2.13. The number of hydrogen-bond acceptors (Lipinski definition) is 5. The van der Waals surface area contributed by atoms with Gasteiger partial charge in [-0.1, -0.05) is 0 Å². The fraction of sp³-hybridized carbons (Fsp3) is 0.0769. The fourth-order valence-electron chi connectivity index (χ4n) is 1.90. The zero-order valence-electron chi connectivity index (χ0n) is 10.2. The maximum absolute atomic E-state index is 13.5. The number of nitrogens with zero attached hydrogens (tertiary/aromatic N) is 2. The lowest BCUT2D eigenvalue weighted by atomic mass is 10.2. The normalized spacial score (nSPS) is 10.9. The number of nitrogen functional groups attached to an aromatic ring is 1. The van der Waals surface area contributed by atoms with E-state index >= 15 is 0 Å². The minimum atomic E-state index is -0.492. The lowest BCUT2D eigenvalue weighted by Gasteiger charge is -2.08. The molecule has 20 heavy (non-hydrogen) atoms. The summed E-state index contributed by atoms with van der Waals surface area (Å²) in [5.41, 5.74) is 7.82. The van der Waals surface area contributed by atoms with Gasteiger partial charge in [0.2, 0.25) is 0 Å². The minimum absolute atomic E-state index is 0.107. The molecule has 3 aromatic rings. The van der Waals surface area contributed by atoms with Crippen LogP contribution in [0.2, 0.25) is 0 Å². The van der Waals surface area contributed by atoms with Crippen molar-refractivity contribution in [1.29, 1.82) is 0 Å². The number of fused-ring (bicyclic) bond motifs is 1. The van der Waals surface area contributed by atoms with Crippen molar-refractivity contribution in [2.45, 2.75) is 6.54 Å². The van der Waals surface area contributed by atoms with E-state index < -0.39 is 11.6 Å². The Morgan fingerprint density at radius 3 is 2.75 bits per heavy atom. The monoisotopic (exact) mass is 276 g/mol. The fourth-order valence-corrected chi connectivity index (χ4v) is 1.90. The van der Waals surface area contributed by atoms with E-state index in [1.54, 1.807) is 12.1 Å². The summed E-state index contributed by atoms with van der Waals surface area (Å²) in [6.45, 7) is 0.107. The highest BCUT2D eigenvalue weighted by Gasteiger charge is 2.10. The Balaban J connectivity index is 1.89. The molecule has 0 aliphatic rings. The molecule has 102 valence electrons. The number of rotatable bonds is 3. The van der Waals surface area contributed by atoms with Gasteiger partial charge in [0, 0.05) is 12.1 Å². The summed E-state index contributed by atoms with van der Waals surface area (Å²) < 4.78 is 31.2. The molecule has 0 saturated carbocycles. The van der Waals surface area contributed by atoms with Gasteiger partial charge in [-0.2, -0.15) is 0 Å². The van der Waals surface area contributed by atoms with E-state index in [1.165, 1.54) is 0 Å². The molecule has 3 rings (SSSR count). The predicted octanol–water partition coefficient (Wildman–Crippen LogP) is 2.70. The summed E-state index contributed by atoms with van der Waals surface area (Å²) in [5, 5.41) is 10.4. The van der Waals surface area contributed by atoms with Crippen LogP contribution in [-0.2, 0) is 6.54 Å². The highest BCUT2D eigenvalue weighted by Crippen LogP contribution is 2.25. The zero-order chi connectivity index (χ0) is 14.1. The molecule has 0 aliphatic carbocycles. The molecule has 0 radical (unpaired) electrons. The summed E-state index contributed by atoms with van der Waals surface area (Å²) in [6.07, 6.45) is 0. The van der Waals surface area contributed by atoms with Gasteiger partial charge in [0.05, 0.1) is 11.4 Å². The summed E-state index contributed by atoms with van der Waals surface area (Å²) in [6, 6.07) is 6.61. The molecule has 7 heteroatoms.